The summed E-state index contributed by atoms with van der Waals surface area (Å²) in [5.74, 6) is 0.284. The maximum absolute atomic E-state index is 13.6. The molecule has 1 N–H and O–H groups in total. The first-order chi connectivity index (χ1) is 15.5. The van der Waals surface area contributed by atoms with Crippen LogP contribution < -0.4 is 14.8 Å². The van der Waals surface area contributed by atoms with E-state index in [-0.39, 0.29) is 18.3 Å². The summed E-state index contributed by atoms with van der Waals surface area (Å²) in [4.78, 5) is 19.1. The lowest BCUT2D eigenvalue weighted by molar-refractivity contribution is -0.121. The molecule has 0 bridgehead atoms. The fourth-order valence-corrected chi connectivity index (χ4v) is 3.57. The Morgan fingerprint density at radius 1 is 1.16 bits per heavy atom. The molecule has 1 unspecified atom stereocenters. The molecular formula is C25H26FN3O3. The zero-order valence-electron chi connectivity index (χ0n) is 18.2. The van der Waals surface area contributed by atoms with Crippen molar-refractivity contribution in [3.05, 3.63) is 72.3 Å². The average Bonchev–Trinajstić information content (AvgIpc) is 2.79. The van der Waals surface area contributed by atoms with Crippen molar-refractivity contribution in [2.45, 2.75) is 6.42 Å². The molecule has 3 aromatic rings. The Bertz CT molecular complexity index is 1090. The molecule has 32 heavy (non-hydrogen) atoms. The Kier molecular flexibility index (Phi) is 6.66. The minimum atomic E-state index is -0.418. The van der Waals surface area contributed by atoms with E-state index in [2.05, 4.69) is 10.3 Å². The highest BCUT2D eigenvalue weighted by Crippen LogP contribution is 2.33. The van der Waals surface area contributed by atoms with Crippen LogP contribution >= 0.6 is 0 Å². The first-order valence-electron chi connectivity index (χ1n) is 10.5. The third kappa shape index (κ3) is 5.23. The van der Waals surface area contributed by atoms with Crippen LogP contribution in [0, 0.1) is 11.7 Å². The van der Waals surface area contributed by atoms with Gasteiger partial charge in [0.1, 0.15) is 30.5 Å². The van der Waals surface area contributed by atoms with Gasteiger partial charge in [-0.2, -0.15) is 0 Å². The largest absolute Gasteiger partial charge is 0.492 e. The molecule has 4 rings (SSSR count). The van der Waals surface area contributed by atoms with Crippen molar-refractivity contribution in [2.75, 3.05) is 39.2 Å². The second-order valence-electron chi connectivity index (χ2n) is 8.05. The van der Waals surface area contributed by atoms with Crippen molar-refractivity contribution < 1.29 is 18.7 Å². The normalized spacial score (nSPS) is 15.1. The van der Waals surface area contributed by atoms with Gasteiger partial charge >= 0.3 is 0 Å². The highest BCUT2D eigenvalue weighted by Gasteiger charge is 2.27. The van der Waals surface area contributed by atoms with E-state index < -0.39 is 5.92 Å². The monoisotopic (exact) mass is 435 g/mol. The van der Waals surface area contributed by atoms with Crippen LogP contribution in [0.15, 0.2) is 60.9 Å². The van der Waals surface area contributed by atoms with E-state index in [1.54, 1.807) is 18.5 Å². The van der Waals surface area contributed by atoms with E-state index in [1.807, 2.05) is 49.3 Å². The highest BCUT2D eigenvalue weighted by atomic mass is 19.1. The number of nitrogens with zero attached hydrogens (tertiary/aromatic N) is 2. The van der Waals surface area contributed by atoms with Crippen LogP contribution in [0.4, 0.5) is 10.1 Å². The number of fused-ring (bicyclic) bond motifs is 1. The van der Waals surface area contributed by atoms with E-state index in [1.165, 1.54) is 12.1 Å². The molecule has 1 atom stereocenters. The average molecular weight is 435 g/mol. The highest BCUT2D eigenvalue weighted by molar-refractivity contribution is 5.95. The molecule has 0 fully saturated rings. The lowest BCUT2D eigenvalue weighted by Gasteiger charge is -2.25. The van der Waals surface area contributed by atoms with Gasteiger partial charge in [-0.1, -0.05) is 6.07 Å². The zero-order chi connectivity index (χ0) is 22.5. The Labute approximate surface area is 187 Å². The number of rotatable bonds is 7. The van der Waals surface area contributed by atoms with E-state index >= 15 is 0 Å². The van der Waals surface area contributed by atoms with E-state index in [9.17, 15) is 9.18 Å². The van der Waals surface area contributed by atoms with Crippen molar-refractivity contribution in [3.8, 4) is 22.6 Å². The summed E-state index contributed by atoms with van der Waals surface area (Å²) >= 11 is 0. The number of likely N-dealkylation sites (N-methyl/N-ethyl adjacent to an activating group) is 1. The van der Waals surface area contributed by atoms with Crippen molar-refractivity contribution in [1.82, 2.24) is 9.88 Å². The Balaban J connectivity index is 1.53. The smallest absolute Gasteiger partial charge is 0.231 e. The van der Waals surface area contributed by atoms with Crippen LogP contribution in [0.3, 0.4) is 0 Å². The molecule has 0 saturated heterocycles. The molecule has 0 radical (unpaired) electrons. The van der Waals surface area contributed by atoms with Gasteiger partial charge in [-0.15, -0.1) is 0 Å². The molecule has 0 saturated carbocycles. The third-order valence-electron chi connectivity index (χ3n) is 5.35. The van der Waals surface area contributed by atoms with Gasteiger partial charge in [0.25, 0.3) is 0 Å². The van der Waals surface area contributed by atoms with Gasteiger partial charge in [0.2, 0.25) is 5.91 Å². The number of amides is 1. The van der Waals surface area contributed by atoms with Gasteiger partial charge in [-0.25, -0.2) is 4.39 Å². The van der Waals surface area contributed by atoms with Crippen LogP contribution in [0.5, 0.6) is 11.5 Å². The number of halogens is 1. The first kappa shape index (κ1) is 21.8. The topological polar surface area (TPSA) is 63.7 Å². The molecule has 1 aliphatic heterocycles. The van der Waals surface area contributed by atoms with Crippen LogP contribution in [0.2, 0.25) is 0 Å². The zero-order valence-corrected chi connectivity index (χ0v) is 18.2. The number of carbonyl (C=O) groups is 1. The molecule has 166 valence electrons. The molecule has 1 aromatic heterocycles. The summed E-state index contributed by atoms with van der Waals surface area (Å²) in [5.41, 5.74) is 3.27. The maximum Gasteiger partial charge on any atom is 0.231 e. The van der Waals surface area contributed by atoms with Gasteiger partial charge in [-0.05, 0) is 79.7 Å². The summed E-state index contributed by atoms with van der Waals surface area (Å²) < 4.78 is 25.3. The number of anilines is 1. The van der Waals surface area contributed by atoms with E-state index in [4.69, 9.17) is 9.47 Å². The summed E-state index contributed by atoms with van der Waals surface area (Å²) in [6, 6.07) is 13.9. The summed E-state index contributed by atoms with van der Waals surface area (Å²) in [6.07, 6.45) is 3.90. The number of hydrogen-bond acceptors (Lipinski definition) is 5. The molecule has 2 aromatic carbocycles. The van der Waals surface area contributed by atoms with Gasteiger partial charge in [0.15, 0.2) is 0 Å². The Morgan fingerprint density at radius 2 is 1.97 bits per heavy atom. The minimum Gasteiger partial charge on any atom is -0.492 e. The van der Waals surface area contributed by atoms with Crippen LogP contribution in [-0.4, -0.2) is 49.6 Å². The maximum atomic E-state index is 13.6. The van der Waals surface area contributed by atoms with Gasteiger partial charge in [0.05, 0.1) is 11.6 Å². The Hall–Kier alpha value is -3.45. The number of benzene rings is 2. The standard InChI is InChI=1S/C25H26FN3O3/c1-29(2)11-12-31-24-15-18(17-7-9-27-10-8-17)3-5-22(24)28-25(30)20-13-19-14-21(26)4-6-23(19)32-16-20/h3-10,14-15,20H,11-13,16H2,1-2H3,(H,28,30). The van der Waals surface area contributed by atoms with Crippen molar-refractivity contribution in [1.29, 1.82) is 0 Å². The summed E-state index contributed by atoms with van der Waals surface area (Å²) in [5, 5.41) is 2.98. The van der Waals surface area contributed by atoms with E-state index in [0.29, 0.717) is 35.8 Å². The second kappa shape index (κ2) is 9.78. The molecule has 1 amide bonds. The number of pyridine rings is 1. The van der Waals surface area contributed by atoms with Crippen LogP contribution in [0.25, 0.3) is 11.1 Å². The predicted octanol–water partition coefficient (Wildman–Crippen LogP) is 4.02. The van der Waals surface area contributed by atoms with Crippen molar-refractivity contribution in [3.63, 3.8) is 0 Å². The predicted molar refractivity (Wildman–Crippen MR) is 121 cm³/mol. The molecule has 0 spiro atoms. The van der Waals surface area contributed by atoms with Crippen molar-refractivity contribution >= 4 is 11.6 Å². The molecular weight excluding hydrogens is 409 g/mol. The fourth-order valence-electron chi connectivity index (χ4n) is 3.57. The molecule has 0 aliphatic carbocycles. The number of aromatic nitrogens is 1. The van der Waals surface area contributed by atoms with Crippen LogP contribution in [-0.2, 0) is 11.2 Å². The quantitative estimate of drug-likeness (QED) is 0.607. The second-order valence-corrected chi connectivity index (χ2v) is 8.05. The summed E-state index contributed by atoms with van der Waals surface area (Å²) in [7, 11) is 3.95. The lowest BCUT2D eigenvalue weighted by atomic mass is 9.95. The lowest BCUT2D eigenvalue weighted by Crippen LogP contribution is -2.32. The number of carbonyl (C=O) groups excluding carboxylic acids is 1. The first-order valence-corrected chi connectivity index (χ1v) is 10.5. The SMILES string of the molecule is CN(C)CCOc1cc(-c2ccncc2)ccc1NC(=O)C1COc2ccc(F)cc2C1. The third-order valence-corrected chi connectivity index (χ3v) is 5.35. The molecule has 2 heterocycles. The number of nitrogens with one attached hydrogen (secondary N) is 1. The number of hydrogen-bond donors (Lipinski definition) is 1. The Morgan fingerprint density at radius 3 is 2.75 bits per heavy atom. The van der Waals surface area contributed by atoms with Crippen molar-refractivity contribution in [2.24, 2.45) is 5.92 Å². The van der Waals surface area contributed by atoms with Crippen LogP contribution in [0.1, 0.15) is 5.56 Å². The van der Waals surface area contributed by atoms with Gasteiger partial charge in [-0.3, -0.25) is 9.78 Å². The molecule has 1 aliphatic rings. The summed E-state index contributed by atoms with van der Waals surface area (Å²) in [6.45, 7) is 1.47. The minimum absolute atomic E-state index is 0.186. The van der Waals surface area contributed by atoms with E-state index in [0.717, 1.165) is 17.7 Å². The van der Waals surface area contributed by atoms with Gasteiger partial charge < -0.3 is 19.7 Å². The fraction of sp³-hybridized carbons (Fsp3) is 0.280. The molecule has 6 nitrogen and oxygen atoms in total. The number of ether oxygens (including phenoxy) is 2. The van der Waals surface area contributed by atoms with Gasteiger partial charge in [0, 0.05) is 18.9 Å². The molecule has 7 heteroatoms.